The molecule has 5 heteroatoms. The minimum Gasteiger partial charge on any atom is -0.497 e. The molecular weight excluding hydrogens is 230 g/mol. The van der Waals surface area contributed by atoms with Crippen LogP contribution < -0.4 is 14.8 Å². The third-order valence-electron chi connectivity index (χ3n) is 2.79. The zero-order chi connectivity index (χ0) is 13.0. The van der Waals surface area contributed by atoms with Gasteiger partial charge in [0, 0.05) is 17.8 Å². The van der Waals surface area contributed by atoms with Crippen LogP contribution >= 0.6 is 0 Å². The lowest BCUT2D eigenvalue weighted by atomic mass is 10.1. The molecule has 0 radical (unpaired) electrons. The summed E-state index contributed by atoms with van der Waals surface area (Å²) in [4.78, 5) is 0. The summed E-state index contributed by atoms with van der Waals surface area (Å²) in [7, 11) is 3.30. The van der Waals surface area contributed by atoms with E-state index in [-0.39, 0.29) is 6.04 Å². The maximum Gasteiger partial charge on any atom is 0.127 e. The van der Waals surface area contributed by atoms with Crippen molar-refractivity contribution in [3.8, 4) is 11.5 Å². The van der Waals surface area contributed by atoms with E-state index in [1.165, 1.54) is 0 Å². The van der Waals surface area contributed by atoms with Gasteiger partial charge < -0.3 is 14.8 Å². The van der Waals surface area contributed by atoms with Gasteiger partial charge in [-0.3, -0.25) is 5.10 Å². The maximum absolute atomic E-state index is 5.38. The molecule has 0 aliphatic carbocycles. The van der Waals surface area contributed by atoms with Gasteiger partial charge in [-0.15, -0.1) is 0 Å². The van der Waals surface area contributed by atoms with E-state index >= 15 is 0 Å². The molecule has 0 fully saturated rings. The molecule has 1 unspecified atom stereocenters. The molecule has 1 heterocycles. The number of anilines is 1. The van der Waals surface area contributed by atoms with E-state index in [1.807, 2.05) is 24.4 Å². The Balaban J connectivity index is 2.21. The molecule has 96 valence electrons. The number of ether oxygens (including phenoxy) is 2. The van der Waals surface area contributed by atoms with Crippen LogP contribution in [0.3, 0.4) is 0 Å². The van der Waals surface area contributed by atoms with E-state index < -0.39 is 0 Å². The van der Waals surface area contributed by atoms with Gasteiger partial charge in [-0.1, -0.05) is 0 Å². The predicted molar refractivity (Wildman–Crippen MR) is 70.2 cm³/mol. The molecular formula is C13H17N3O2. The molecule has 18 heavy (non-hydrogen) atoms. The van der Waals surface area contributed by atoms with Crippen LogP contribution in [0, 0.1) is 0 Å². The van der Waals surface area contributed by atoms with Crippen molar-refractivity contribution >= 4 is 5.69 Å². The molecule has 2 N–H and O–H groups in total. The van der Waals surface area contributed by atoms with Gasteiger partial charge in [0.15, 0.2) is 0 Å². The number of hydrogen-bond donors (Lipinski definition) is 2. The quantitative estimate of drug-likeness (QED) is 0.852. The van der Waals surface area contributed by atoms with Gasteiger partial charge in [0.2, 0.25) is 0 Å². The number of H-pyrrole nitrogens is 1. The second-order valence-corrected chi connectivity index (χ2v) is 3.96. The highest BCUT2D eigenvalue weighted by Gasteiger charge is 2.12. The smallest absolute Gasteiger partial charge is 0.127 e. The van der Waals surface area contributed by atoms with Gasteiger partial charge >= 0.3 is 0 Å². The number of aromatic nitrogens is 2. The van der Waals surface area contributed by atoms with Crippen LogP contribution in [0.5, 0.6) is 11.5 Å². The summed E-state index contributed by atoms with van der Waals surface area (Å²) in [5, 5.41) is 10.0. The highest BCUT2D eigenvalue weighted by atomic mass is 16.5. The van der Waals surface area contributed by atoms with Crippen molar-refractivity contribution in [1.29, 1.82) is 0 Å². The van der Waals surface area contributed by atoms with Crippen LogP contribution in [-0.2, 0) is 0 Å². The van der Waals surface area contributed by atoms with Gasteiger partial charge in [0.25, 0.3) is 0 Å². The van der Waals surface area contributed by atoms with E-state index in [4.69, 9.17) is 9.47 Å². The first-order valence-corrected chi connectivity index (χ1v) is 5.72. The Bertz CT molecular complexity index is 497. The lowest BCUT2D eigenvalue weighted by molar-refractivity contribution is 0.390. The highest BCUT2D eigenvalue weighted by Crippen LogP contribution is 2.30. The average Bonchev–Trinajstić information content (AvgIpc) is 2.90. The summed E-state index contributed by atoms with van der Waals surface area (Å²) in [5.41, 5.74) is 2.01. The van der Waals surface area contributed by atoms with Crippen LogP contribution in [0.2, 0.25) is 0 Å². The molecule has 0 bridgehead atoms. The van der Waals surface area contributed by atoms with Gasteiger partial charge in [0.1, 0.15) is 11.5 Å². The number of hydrogen-bond acceptors (Lipinski definition) is 4. The molecule has 0 aliphatic rings. The average molecular weight is 247 g/mol. The summed E-state index contributed by atoms with van der Waals surface area (Å²) in [6.45, 7) is 2.07. The maximum atomic E-state index is 5.38. The van der Waals surface area contributed by atoms with E-state index in [0.717, 1.165) is 22.7 Å². The second-order valence-electron chi connectivity index (χ2n) is 3.96. The van der Waals surface area contributed by atoms with Crippen molar-refractivity contribution in [3.05, 3.63) is 36.2 Å². The van der Waals surface area contributed by atoms with Crippen molar-refractivity contribution in [3.63, 3.8) is 0 Å². The summed E-state index contributed by atoms with van der Waals surface area (Å²) in [5.74, 6) is 1.59. The Kier molecular flexibility index (Phi) is 3.72. The lowest BCUT2D eigenvalue weighted by Gasteiger charge is -2.18. The minimum atomic E-state index is 0.114. The van der Waals surface area contributed by atoms with Crippen molar-refractivity contribution < 1.29 is 9.47 Å². The fourth-order valence-electron chi connectivity index (χ4n) is 1.83. The molecule has 0 saturated carbocycles. The van der Waals surface area contributed by atoms with Crippen LogP contribution in [0.4, 0.5) is 5.69 Å². The molecule has 0 spiro atoms. The summed E-state index contributed by atoms with van der Waals surface area (Å²) >= 11 is 0. The second kappa shape index (κ2) is 5.44. The number of benzene rings is 1. The minimum absolute atomic E-state index is 0.114. The SMILES string of the molecule is COc1ccc(C(C)Nc2cn[nH]c2)c(OC)c1. The fraction of sp³-hybridized carbons (Fsp3) is 0.308. The topological polar surface area (TPSA) is 59.2 Å². The Hall–Kier alpha value is -2.17. The summed E-state index contributed by atoms with van der Waals surface area (Å²) in [6.07, 6.45) is 3.55. The normalized spacial score (nSPS) is 11.9. The number of nitrogens with one attached hydrogen (secondary N) is 2. The third-order valence-corrected chi connectivity index (χ3v) is 2.79. The molecule has 2 rings (SSSR count). The zero-order valence-electron chi connectivity index (χ0n) is 10.7. The number of aromatic amines is 1. The Morgan fingerprint density at radius 1 is 1.28 bits per heavy atom. The fourth-order valence-corrected chi connectivity index (χ4v) is 1.83. The first-order chi connectivity index (χ1) is 8.74. The van der Waals surface area contributed by atoms with E-state index in [0.29, 0.717) is 0 Å². The molecule has 1 aromatic heterocycles. The largest absolute Gasteiger partial charge is 0.497 e. The van der Waals surface area contributed by atoms with Crippen LogP contribution in [0.15, 0.2) is 30.6 Å². The van der Waals surface area contributed by atoms with Gasteiger partial charge in [-0.25, -0.2) is 0 Å². The monoisotopic (exact) mass is 247 g/mol. The lowest BCUT2D eigenvalue weighted by Crippen LogP contribution is -2.07. The van der Waals surface area contributed by atoms with E-state index in [9.17, 15) is 0 Å². The molecule has 2 aromatic rings. The van der Waals surface area contributed by atoms with Crippen molar-refractivity contribution in [2.24, 2.45) is 0 Å². The summed E-state index contributed by atoms with van der Waals surface area (Å²) in [6, 6.07) is 5.91. The number of nitrogens with zero attached hydrogens (tertiary/aromatic N) is 1. The Labute approximate surface area is 106 Å². The van der Waals surface area contributed by atoms with Gasteiger partial charge in [-0.2, -0.15) is 5.10 Å². The molecule has 5 nitrogen and oxygen atoms in total. The van der Waals surface area contributed by atoms with E-state index in [1.54, 1.807) is 20.4 Å². The first-order valence-electron chi connectivity index (χ1n) is 5.72. The van der Waals surface area contributed by atoms with Crippen LogP contribution in [-0.4, -0.2) is 24.4 Å². The van der Waals surface area contributed by atoms with Crippen LogP contribution in [0.25, 0.3) is 0 Å². The van der Waals surface area contributed by atoms with Crippen molar-refractivity contribution in [2.75, 3.05) is 19.5 Å². The molecule has 0 saturated heterocycles. The number of methoxy groups -OCH3 is 2. The van der Waals surface area contributed by atoms with Crippen molar-refractivity contribution in [1.82, 2.24) is 10.2 Å². The highest BCUT2D eigenvalue weighted by molar-refractivity contribution is 5.47. The van der Waals surface area contributed by atoms with Gasteiger partial charge in [-0.05, 0) is 19.1 Å². The van der Waals surface area contributed by atoms with E-state index in [2.05, 4.69) is 22.4 Å². The molecule has 1 aromatic carbocycles. The predicted octanol–water partition coefficient (Wildman–Crippen LogP) is 2.60. The van der Waals surface area contributed by atoms with Crippen LogP contribution in [0.1, 0.15) is 18.5 Å². The molecule has 0 amide bonds. The third kappa shape index (κ3) is 2.56. The van der Waals surface area contributed by atoms with Gasteiger partial charge in [0.05, 0.1) is 32.1 Å². The Morgan fingerprint density at radius 3 is 2.72 bits per heavy atom. The first kappa shape index (κ1) is 12.3. The zero-order valence-corrected chi connectivity index (χ0v) is 10.7. The summed E-state index contributed by atoms with van der Waals surface area (Å²) < 4.78 is 10.6. The number of rotatable bonds is 5. The Morgan fingerprint density at radius 2 is 2.11 bits per heavy atom. The molecule has 0 aliphatic heterocycles. The molecule has 1 atom stereocenters. The van der Waals surface area contributed by atoms with Crippen molar-refractivity contribution in [2.45, 2.75) is 13.0 Å². The standard InChI is InChI=1S/C13H17N3O2/c1-9(16-10-7-14-15-8-10)12-5-4-11(17-2)6-13(12)18-3/h4-9,16H,1-3H3,(H,14,15).